The topological polar surface area (TPSA) is 52.6 Å². The van der Waals surface area contributed by atoms with Crippen LogP contribution in [0.15, 0.2) is 12.3 Å². The molecule has 0 fully saturated rings. The molecule has 0 unspecified atom stereocenters. The van der Waals surface area contributed by atoms with Gasteiger partial charge in [0.25, 0.3) is 0 Å². The lowest BCUT2D eigenvalue weighted by atomic mass is 10.6. The molecule has 0 aromatic carbocycles. The number of ether oxygens (including phenoxy) is 2. The molecule has 0 aromatic heterocycles. The highest BCUT2D eigenvalue weighted by Crippen LogP contribution is 1.83. The van der Waals surface area contributed by atoms with Gasteiger partial charge in [0.15, 0.2) is 0 Å². The minimum Gasteiger partial charge on any atom is -0.463 e. The molecule has 0 aliphatic carbocycles. The first kappa shape index (κ1) is 9.68. The van der Waals surface area contributed by atoms with Crippen molar-refractivity contribution in [2.45, 2.75) is 13.8 Å². The molecular formula is C7H10O4. The van der Waals surface area contributed by atoms with Crippen molar-refractivity contribution in [3.05, 3.63) is 12.3 Å². The van der Waals surface area contributed by atoms with Gasteiger partial charge in [-0.05, 0) is 6.92 Å². The van der Waals surface area contributed by atoms with Crippen molar-refractivity contribution in [1.29, 1.82) is 0 Å². The van der Waals surface area contributed by atoms with Crippen LogP contribution in [-0.4, -0.2) is 18.5 Å². The molecule has 0 aliphatic rings. The van der Waals surface area contributed by atoms with Gasteiger partial charge in [-0.25, -0.2) is 4.79 Å². The first-order chi connectivity index (χ1) is 5.16. The zero-order valence-electron chi connectivity index (χ0n) is 6.49. The van der Waals surface area contributed by atoms with E-state index in [0.717, 1.165) is 12.3 Å². The van der Waals surface area contributed by atoms with E-state index in [-0.39, 0.29) is 0 Å². The van der Waals surface area contributed by atoms with Gasteiger partial charge in [0.05, 0.1) is 12.7 Å². The monoisotopic (exact) mass is 158 g/mol. The van der Waals surface area contributed by atoms with Crippen LogP contribution in [0.4, 0.5) is 0 Å². The van der Waals surface area contributed by atoms with E-state index in [1.807, 2.05) is 0 Å². The molecule has 0 N–H and O–H groups in total. The fraction of sp³-hybridized carbons (Fsp3) is 0.429. The third-order valence-corrected chi connectivity index (χ3v) is 0.725. The standard InChI is InChI=1S/C7H10O4/c1-3-10-7(9)4-5-11-6(2)8/h4-5H,3H2,1-2H3/b5-4-. The molecule has 62 valence electrons. The van der Waals surface area contributed by atoms with E-state index in [1.165, 1.54) is 6.92 Å². The van der Waals surface area contributed by atoms with Gasteiger partial charge in [-0.2, -0.15) is 0 Å². The first-order valence-electron chi connectivity index (χ1n) is 3.17. The Labute approximate surface area is 64.8 Å². The van der Waals surface area contributed by atoms with Gasteiger partial charge in [-0.15, -0.1) is 0 Å². The summed E-state index contributed by atoms with van der Waals surface area (Å²) in [7, 11) is 0. The van der Waals surface area contributed by atoms with Gasteiger partial charge in [-0.1, -0.05) is 0 Å². The second-order valence-corrected chi connectivity index (χ2v) is 1.66. The van der Waals surface area contributed by atoms with E-state index >= 15 is 0 Å². The van der Waals surface area contributed by atoms with Crippen LogP contribution in [0.2, 0.25) is 0 Å². The van der Waals surface area contributed by atoms with Gasteiger partial charge in [0.1, 0.15) is 6.26 Å². The van der Waals surface area contributed by atoms with Gasteiger partial charge in [0, 0.05) is 6.92 Å². The van der Waals surface area contributed by atoms with Crippen molar-refractivity contribution in [3.63, 3.8) is 0 Å². The van der Waals surface area contributed by atoms with E-state index in [2.05, 4.69) is 9.47 Å². The predicted octanol–water partition coefficient (Wildman–Crippen LogP) is 0.626. The molecule has 4 heteroatoms. The van der Waals surface area contributed by atoms with E-state index in [1.54, 1.807) is 6.92 Å². The second-order valence-electron chi connectivity index (χ2n) is 1.66. The van der Waals surface area contributed by atoms with Gasteiger partial charge < -0.3 is 9.47 Å². The molecule has 11 heavy (non-hydrogen) atoms. The molecule has 0 atom stereocenters. The Balaban J connectivity index is 3.56. The largest absolute Gasteiger partial charge is 0.463 e. The zero-order chi connectivity index (χ0) is 8.69. The third-order valence-electron chi connectivity index (χ3n) is 0.725. The molecule has 0 amide bonds. The Hall–Kier alpha value is -1.32. The molecule has 0 bridgehead atoms. The maximum atomic E-state index is 10.5. The summed E-state index contributed by atoms with van der Waals surface area (Å²) < 4.78 is 8.85. The molecule has 0 aromatic rings. The summed E-state index contributed by atoms with van der Waals surface area (Å²) in [5, 5.41) is 0. The number of carbonyl (C=O) groups is 2. The number of hydrogen-bond donors (Lipinski definition) is 0. The van der Waals surface area contributed by atoms with Crippen LogP contribution in [0.3, 0.4) is 0 Å². The SMILES string of the molecule is CCOC(=O)/C=C\OC(C)=O. The molecule has 0 aliphatic heterocycles. The number of hydrogen-bond acceptors (Lipinski definition) is 4. The molecule has 0 radical (unpaired) electrons. The molecule has 0 heterocycles. The second kappa shape index (κ2) is 5.46. The highest BCUT2D eigenvalue weighted by molar-refractivity contribution is 5.82. The number of carbonyl (C=O) groups excluding carboxylic acids is 2. The van der Waals surface area contributed by atoms with Crippen LogP contribution in [0, 0.1) is 0 Å². The van der Waals surface area contributed by atoms with Crippen molar-refractivity contribution >= 4 is 11.9 Å². The van der Waals surface area contributed by atoms with Crippen LogP contribution in [-0.2, 0) is 19.1 Å². The lowest BCUT2D eigenvalue weighted by Crippen LogP contribution is -2.00. The lowest BCUT2D eigenvalue weighted by molar-refractivity contribution is -0.137. The summed E-state index contributed by atoms with van der Waals surface area (Å²) in [4.78, 5) is 20.7. The van der Waals surface area contributed by atoms with E-state index in [9.17, 15) is 9.59 Å². The Kier molecular flexibility index (Phi) is 4.81. The number of esters is 2. The molecule has 0 saturated carbocycles. The molecule has 4 nitrogen and oxygen atoms in total. The summed E-state index contributed by atoms with van der Waals surface area (Å²) in [6, 6.07) is 0. The third kappa shape index (κ3) is 6.57. The molecule has 0 spiro atoms. The fourth-order valence-electron chi connectivity index (χ4n) is 0.376. The van der Waals surface area contributed by atoms with E-state index in [0.29, 0.717) is 6.61 Å². The highest BCUT2D eigenvalue weighted by atomic mass is 16.5. The smallest absolute Gasteiger partial charge is 0.333 e. The fourth-order valence-corrected chi connectivity index (χ4v) is 0.376. The van der Waals surface area contributed by atoms with Crippen LogP contribution in [0.5, 0.6) is 0 Å². The predicted molar refractivity (Wildman–Crippen MR) is 37.5 cm³/mol. The Bertz CT molecular complexity index is 171. The van der Waals surface area contributed by atoms with Crippen molar-refractivity contribution in [2.24, 2.45) is 0 Å². The van der Waals surface area contributed by atoms with Crippen molar-refractivity contribution in [1.82, 2.24) is 0 Å². The summed E-state index contributed by atoms with van der Waals surface area (Å²) >= 11 is 0. The van der Waals surface area contributed by atoms with Crippen LogP contribution < -0.4 is 0 Å². The van der Waals surface area contributed by atoms with Crippen molar-refractivity contribution in [2.75, 3.05) is 6.61 Å². The summed E-state index contributed by atoms with van der Waals surface area (Å²) in [5.41, 5.74) is 0. The Morgan fingerprint density at radius 3 is 2.55 bits per heavy atom. The van der Waals surface area contributed by atoms with Gasteiger partial charge >= 0.3 is 11.9 Å². The minimum absolute atomic E-state index is 0.309. The summed E-state index contributed by atoms with van der Waals surface area (Å²) in [6.45, 7) is 3.25. The summed E-state index contributed by atoms with van der Waals surface area (Å²) in [5.74, 6) is -0.987. The zero-order valence-corrected chi connectivity index (χ0v) is 6.49. The normalized spacial score (nSPS) is 9.64. The lowest BCUT2D eigenvalue weighted by Gasteiger charge is -1.93. The van der Waals surface area contributed by atoms with Gasteiger partial charge in [0.2, 0.25) is 0 Å². The summed E-state index contributed by atoms with van der Waals surface area (Å²) in [6.07, 6.45) is 2.05. The van der Waals surface area contributed by atoms with Crippen LogP contribution >= 0.6 is 0 Å². The van der Waals surface area contributed by atoms with E-state index in [4.69, 9.17) is 0 Å². The maximum absolute atomic E-state index is 10.5. The Morgan fingerprint density at radius 2 is 2.09 bits per heavy atom. The molecule has 0 saturated heterocycles. The molecular weight excluding hydrogens is 148 g/mol. The average molecular weight is 158 g/mol. The van der Waals surface area contributed by atoms with Gasteiger partial charge in [-0.3, -0.25) is 4.79 Å². The number of rotatable bonds is 3. The van der Waals surface area contributed by atoms with Crippen molar-refractivity contribution < 1.29 is 19.1 Å². The minimum atomic E-state index is -0.520. The average Bonchev–Trinajstić information content (AvgIpc) is 1.87. The van der Waals surface area contributed by atoms with E-state index < -0.39 is 11.9 Å². The van der Waals surface area contributed by atoms with Crippen LogP contribution in [0.25, 0.3) is 0 Å². The quantitative estimate of drug-likeness (QED) is 0.343. The van der Waals surface area contributed by atoms with Crippen molar-refractivity contribution in [3.8, 4) is 0 Å². The maximum Gasteiger partial charge on any atom is 0.333 e. The van der Waals surface area contributed by atoms with Crippen LogP contribution in [0.1, 0.15) is 13.8 Å². The highest BCUT2D eigenvalue weighted by Gasteiger charge is 1.93. The Morgan fingerprint density at radius 1 is 1.45 bits per heavy atom. The first-order valence-corrected chi connectivity index (χ1v) is 3.17. The molecule has 0 rings (SSSR count).